The molecule has 0 radical (unpaired) electrons. The Morgan fingerprint density at radius 1 is 1.58 bits per heavy atom. The monoisotopic (exact) mass is 178 g/mol. The van der Waals surface area contributed by atoms with E-state index >= 15 is 0 Å². The van der Waals surface area contributed by atoms with Crippen molar-refractivity contribution in [3.63, 3.8) is 0 Å². The van der Waals surface area contributed by atoms with E-state index < -0.39 is 0 Å². The third-order valence-electron chi connectivity index (χ3n) is 1.37. The second-order valence-electron chi connectivity index (χ2n) is 2.25. The molecule has 1 aromatic heterocycles. The summed E-state index contributed by atoms with van der Waals surface area (Å²) in [6.07, 6.45) is 2.22. The summed E-state index contributed by atoms with van der Waals surface area (Å²) in [5.74, 6) is 1.05. The molecule has 2 nitrogen and oxygen atoms in total. The van der Waals surface area contributed by atoms with E-state index in [2.05, 4.69) is 18.0 Å². The topological polar surface area (TPSA) is 36.7 Å². The summed E-state index contributed by atoms with van der Waals surface area (Å²) < 4.78 is 0. The van der Waals surface area contributed by atoms with Crippen LogP contribution in [0.4, 0.5) is 0 Å². The Labute approximate surface area is 76.6 Å². The van der Waals surface area contributed by atoms with Crippen LogP contribution in [-0.2, 0) is 6.42 Å². The van der Waals surface area contributed by atoms with Crippen molar-refractivity contribution in [2.45, 2.75) is 18.2 Å². The molecule has 0 unspecified atom stereocenters. The van der Waals surface area contributed by atoms with E-state index in [1.54, 1.807) is 11.8 Å². The molecule has 0 fully saturated rings. The van der Waals surface area contributed by atoms with Gasteiger partial charge in [-0.3, -0.25) is 4.98 Å². The lowest BCUT2D eigenvalue weighted by atomic mass is 10.3. The van der Waals surface area contributed by atoms with Crippen molar-refractivity contribution in [3.05, 3.63) is 24.0 Å². The maximum Gasteiger partial charge on any atom is 0.0774 e. The van der Waals surface area contributed by atoms with Gasteiger partial charge in [0.05, 0.1) is 18.2 Å². The van der Waals surface area contributed by atoms with Crippen molar-refractivity contribution in [1.29, 1.82) is 5.26 Å². The number of thioether (sulfide) groups is 1. The maximum absolute atomic E-state index is 8.40. The van der Waals surface area contributed by atoms with Crippen LogP contribution in [0.25, 0.3) is 0 Å². The van der Waals surface area contributed by atoms with Crippen molar-refractivity contribution in [3.8, 4) is 6.07 Å². The number of hydrogen-bond acceptors (Lipinski definition) is 3. The molecule has 0 saturated heterocycles. The number of hydrogen-bond donors (Lipinski definition) is 0. The third-order valence-corrected chi connectivity index (χ3v) is 2.23. The van der Waals surface area contributed by atoms with E-state index in [0.29, 0.717) is 6.42 Å². The molecule has 0 aliphatic rings. The molecule has 1 rings (SSSR count). The molecule has 1 heterocycles. The lowest BCUT2D eigenvalue weighted by molar-refractivity contribution is 1.08. The Kier molecular flexibility index (Phi) is 3.62. The molecule has 0 spiro atoms. The first-order valence-electron chi connectivity index (χ1n) is 3.81. The molecule has 0 aromatic carbocycles. The van der Waals surface area contributed by atoms with Crippen LogP contribution >= 0.6 is 11.8 Å². The minimum absolute atomic E-state index is 0.400. The van der Waals surface area contributed by atoms with Gasteiger partial charge in [-0.1, -0.05) is 6.92 Å². The fourth-order valence-electron chi connectivity index (χ4n) is 0.849. The van der Waals surface area contributed by atoms with Crippen molar-refractivity contribution in [2.75, 3.05) is 5.75 Å². The SMILES string of the molecule is CCSc1ccc(CC#N)nc1. The molecule has 0 aliphatic heterocycles. The average Bonchev–Trinajstić information content (AvgIpc) is 2.09. The van der Waals surface area contributed by atoms with Gasteiger partial charge in [-0.15, -0.1) is 11.8 Å². The van der Waals surface area contributed by atoms with E-state index in [0.717, 1.165) is 11.4 Å². The minimum atomic E-state index is 0.400. The molecule has 0 aliphatic carbocycles. The fraction of sp³-hybridized carbons (Fsp3) is 0.333. The van der Waals surface area contributed by atoms with E-state index in [-0.39, 0.29) is 0 Å². The number of nitriles is 1. The second kappa shape index (κ2) is 4.78. The zero-order chi connectivity index (χ0) is 8.81. The molecular weight excluding hydrogens is 168 g/mol. The smallest absolute Gasteiger partial charge is 0.0774 e. The first-order chi connectivity index (χ1) is 5.86. The van der Waals surface area contributed by atoms with Gasteiger partial charge in [0.2, 0.25) is 0 Å². The third kappa shape index (κ3) is 2.55. The first kappa shape index (κ1) is 9.08. The summed E-state index contributed by atoms with van der Waals surface area (Å²) in [5, 5.41) is 8.40. The highest BCUT2D eigenvalue weighted by Crippen LogP contribution is 2.15. The summed E-state index contributed by atoms with van der Waals surface area (Å²) >= 11 is 1.76. The van der Waals surface area contributed by atoms with Gasteiger partial charge < -0.3 is 0 Å². The Balaban J connectivity index is 2.66. The van der Waals surface area contributed by atoms with Gasteiger partial charge in [-0.05, 0) is 17.9 Å². The van der Waals surface area contributed by atoms with Gasteiger partial charge >= 0.3 is 0 Å². The molecule has 0 amide bonds. The van der Waals surface area contributed by atoms with Crippen molar-refractivity contribution in [2.24, 2.45) is 0 Å². The molecule has 12 heavy (non-hydrogen) atoms. The summed E-state index contributed by atoms with van der Waals surface area (Å²) in [6, 6.07) is 5.98. The van der Waals surface area contributed by atoms with Crippen LogP contribution in [0.2, 0.25) is 0 Å². The highest BCUT2D eigenvalue weighted by molar-refractivity contribution is 7.99. The lowest BCUT2D eigenvalue weighted by Crippen LogP contribution is -1.86. The molecule has 62 valence electrons. The van der Waals surface area contributed by atoms with Crippen molar-refractivity contribution in [1.82, 2.24) is 4.98 Å². The predicted octanol–water partition coefficient (Wildman–Crippen LogP) is 2.26. The highest BCUT2D eigenvalue weighted by atomic mass is 32.2. The summed E-state index contributed by atoms with van der Waals surface area (Å²) in [6.45, 7) is 2.11. The fourth-order valence-corrected chi connectivity index (χ4v) is 1.47. The number of aromatic nitrogens is 1. The second-order valence-corrected chi connectivity index (χ2v) is 3.59. The van der Waals surface area contributed by atoms with Crippen LogP contribution in [0.1, 0.15) is 12.6 Å². The largest absolute Gasteiger partial charge is 0.259 e. The normalized spacial score (nSPS) is 9.33. The predicted molar refractivity (Wildman–Crippen MR) is 50.0 cm³/mol. The van der Waals surface area contributed by atoms with Crippen LogP contribution in [0.5, 0.6) is 0 Å². The quantitative estimate of drug-likeness (QED) is 0.666. The van der Waals surface area contributed by atoms with Gasteiger partial charge in [0.1, 0.15) is 0 Å². The molecule has 0 atom stereocenters. The Morgan fingerprint density at radius 3 is 2.92 bits per heavy atom. The minimum Gasteiger partial charge on any atom is -0.259 e. The maximum atomic E-state index is 8.40. The van der Waals surface area contributed by atoms with Crippen LogP contribution in [0, 0.1) is 11.3 Å². The number of pyridine rings is 1. The Hall–Kier alpha value is -1.01. The van der Waals surface area contributed by atoms with Gasteiger partial charge in [0, 0.05) is 11.1 Å². The van der Waals surface area contributed by atoms with E-state index in [1.807, 2.05) is 18.3 Å². The zero-order valence-corrected chi connectivity index (χ0v) is 7.77. The molecule has 0 N–H and O–H groups in total. The lowest BCUT2D eigenvalue weighted by Gasteiger charge is -1.97. The van der Waals surface area contributed by atoms with Crippen LogP contribution in [0.15, 0.2) is 23.2 Å². The van der Waals surface area contributed by atoms with Gasteiger partial charge in [0.25, 0.3) is 0 Å². The summed E-state index contributed by atoms with van der Waals surface area (Å²) in [5.41, 5.74) is 0.845. The summed E-state index contributed by atoms with van der Waals surface area (Å²) in [7, 11) is 0. The zero-order valence-electron chi connectivity index (χ0n) is 6.95. The average molecular weight is 178 g/mol. The number of rotatable bonds is 3. The van der Waals surface area contributed by atoms with Crippen molar-refractivity contribution < 1.29 is 0 Å². The van der Waals surface area contributed by atoms with Gasteiger partial charge in [-0.25, -0.2) is 0 Å². The number of nitrogens with zero attached hydrogens (tertiary/aromatic N) is 2. The molecule has 1 aromatic rings. The van der Waals surface area contributed by atoms with Crippen molar-refractivity contribution >= 4 is 11.8 Å². The van der Waals surface area contributed by atoms with E-state index in [9.17, 15) is 0 Å². The van der Waals surface area contributed by atoms with Crippen LogP contribution < -0.4 is 0 Å². The molecular formula is C9H10N2S. The Morgan fingerprint density at radius 2 is 2.42 bits per heavy atom. The first-order valence-corrected chi connectivity index (χ1v) is 4.80. The van der Waals surface area contributed by atoms with Gasteiger partial charge in [-0.2, -0.15) is 5.26 Å². The molecule has 0 saturated carbocycles. The Bertz CT molecular complexity index is 274. The highest BCUT2D eigenvalue weighted by Gasteiger charge is 1.94. The van der Waals surface area contributed by atoms with Crippen LogP contribution in [0.3, 0.4) is 0 Å². The van der Waals surface area contributed by atoms with Crippen LogP contribution in [-0.4, -0.2) is 10.7 Å². The van der Waals surface area contributed by atoms with Gasteiger partial charge in [0.15, 0.2) is 0 Å². The van der Waals surface area contributed by atoms with E-state index in [4.69, 9.17) is 5.26 Å². The summed E-state index contributed by atoms with van der Waals surface area (Å²) in [4.78, 5) is 5.31. The standard InChI is InChI=1S/C9H10N2S/c1-2-12-9-4-3-8(5-6-10)11-7-9/h3-4,7H,2,5H2,1H3. The van der Waals surface area contributed by atoms with E-state index in [1.165, 1.54) is 4.90 Å². The molecule has 0 bridgehead atoms. The molecule has 3 heteroatoms.